The summed E-state index contributed by atoms with van der Waals surface area (Å²) in [7, 11) is 0. The maximum atomic E-state index is 11.0. The van der Waals surface area contributed by atoms with E-state index in [1.807, 2.05) is 0 Å². The van der Waals surface area contributed by atoms with Gasteiger partial charge in [0.15, 0.2) is 6.29 Å². The number of hydrogen-bond donors (Lipinski definition) is 2. The topological polar surface area (TPSA) is 66.8 Å². The van der Waals surface area contributed by atoms with Gasteiger partial charge >= 0.3 is 0 Å². The molecule has 0 aliphatic carbocycles. The summed E-state index contributed by atoms with van der Waals surface area (Å²) >= 11 is 0. The lowest BCUT2D eigenvalue weighted by Crippen LogP contribution is -2.02. The number of benzene rings is 2. The molecule has 0 radical (unpaired) electrons. The van der Waals surface area contributed by atoms with E-state index >= 15 is 0 Å². The maximum absolute atomic E-state index is 11.0. The third-order valence-corrected chi connectivity index (χ3v) is 2.43. The second-order valence-corrected chi connectivity index (χ2v) is 3.58. The molecule has 0 saturated heterocycles. The molecule has 17 heavy (non-hydrogen) atoms. The minimum Gasteiger partial charge on any atom is -0.508 e. The maximum Gasteiger partial charge on any atom is 0.150 e. The molecule has 2 rings (SSSR count). The summed E-state index contributed by atoms with van der Waals surface area (Å²) in [6, 6.07) is 8.20. The number of aliphatic hydroxyl groups is 1. The lowest BCUT2D eigenvalue weighted by atomic mass is 10.0. The molecule has 88 valence electrons. The molecule has 2 aromatic carbocycles. The van der Waals surface area contributed by atoms with E-state index in [2.05, 4.69) is 0 Å². The summed E-state index contributed by atoms with van der Waals surface area (Å²) in [5, 5.41) is 19.7. The molecule has 0 fully saturated rings. The Kier molecular flexibility index (Phi) is 3.25. The Balaban J connectivity index is 2.65. The number of carbonyl (C=O) groups excluding carboxylic acids is 1. The highest BCUT2D eigenvalue weighted by Gasteiger charge is 2.09. The molecule has 4 nitrogen and oxygen atoms in total. The van der Waals surface area contributed by atoms with Gasteiger partial charge in [0.05, 0.1) is 6.61 Å². The van der Waals surface area contributed by atoms with Crippen molar-refractivity contribution in [3.05, 3.63) is 35.9 Å². The van der Waals surface area contributed by atoms with Crippen molar-refractivity contribution in [2.24, 2.45) is 0 Å². The van der Waals surface area contributed by atoms with Crippen LogP contribution >= 0.6 is 0 Å². The third-order valence-electron chi connectivity index (χ3n) is 2.43. The Morgan fingerprint density at radius 3 is 2.82 bits per heavy atom. The number of phenols is 1. The minimum absolute atomic E-state index is 0.0634. The zero-order valence-corrected chi connectivity index (χ0v) is 9.09. The van der Waals surface area contributed by atoms with E-state index in [-0.39, 0.29) is 19.0 Å². The molecule has 0 aromatic heterocycles. The second kappa shape index (κ2) is 4.84. The molecule has 0 atom stereocenters. The Morgan fingerprint density at radius 1 is 1.29 bits per heavy atom. The first kappa shape index (κ1) is 11.4. The van der Waals surface area contributed by atoms with E-state index in [4.69, 9.17) is 9.84 Å². The number of aldehydes is 1. The molecule has 0 aliphatic heterocycles. The van der Waals surface area contributed by atoms with Gasteiger partial charge in [-0.3, -0.25) is 4.79 Å². The molecular formula is C13H12O4. The second-order valence-electron chi connectivity index (χ2n) is 3.58. The lowest BCUT2D eigenvalue weighted by molar-refractivity contribution is 0.112. The number of phenolic OH excluding ortho intramolecular Hbond substituents is 1. The van der Waals surface area contributed by atoms with Crippen LogP contribution in [0.4, 0.5) is 0 Å². The molecule has 0 bridgehead atoms. The van der Waals surface area contributed by atoms with Crippen LogP contribution in [-0.4, -0.2) is 29.7 Å². The fraction of sp³-hybridized carbons (Fsp3) is 0.154. The lowest BCUT2D eigenvalue weighted by Gasteiger charge is -2.10. The zero-order valence-electron chi connectivity index (χ0n) is 9.09. The van der Waals surface area contributed by atoms with Crippen LogP contribution in [0.15, 0.2) is 30.3 Å². The number of aliphatic hydroxyl groups excluding tert-OH is 1. The highest BCUT2D eigenvalue weighted by molar-refractivity contribution is 6.02. The van der Waals surface area contributed by atoms with Gasteiger partial charge in [0.1, 0.15) is 18.1 Å². The van der Waals surface area contributed by atoms with Crippen LogP contribution in [-0.2, 0) is 0 Å². The summed E-state index contributed by atoms with van der Waals surface area (Å²) in [5.41, 5.74) is 0.496. The van der Waals surface area contributed by atoms with Crippen LogP contribution in [0.25, 0.3) is 10.8 Å². The number of carbonyl (C=O) groups is 1. The summed E-state index contributed by atoms with van der Waals surface area (Å²) in [6.45, 7) is -0.00779. The zero-order chi connectivity index (χ0) is 12.3. The van der Waals surface area contributed by atoms with Gasteiger partial charge in [0.2, 0.25) is 0 Å². The molecule has 0 heterocycles. The van der Waals surface area contributed by atoms with Crippen LogP contribution in [0, 0.1) is 0 Å². The van der Waals surface area contributed by atoms with Crippen molar-refractivity contribution in [2.45, 2.75) is 0 Å². The SMILES string of the molecule is O=Cc1cccc2cc(O)cc(OCCO)c12. The number of aromatic hydroxyl groups is 1. The van der Waals surface area contributed by atoms with Gasteiger partial charge in [-0.2, -0.15) is 0 Å². The molecule has 0 unspecified atom stereocenters. The first-order chi connectivity index (χ1) is 8.26. The van der Waals surface area contributed by atoms with Gasteiger partial charge in [0, 0.05) is 17.0 Å². The van der Waals surface area contributed by atoms with Gasteiger partial charge in [0.25, 0.3) is 0 Å². The first-order valence-electron chi connectivity index (χ1n) is 5.21. The monoisotopic (exact) mass is 232 g/mol. The first-order valence-corrected chi connectivity index (χ1v) is 5.21. The van der Waals surface area contributed by atoms with E-state index in [0.717, 1.165) is 11.7 Å². The quantitative estimate of drug-likeness (QED) is 0.788. The smallest absolute Gasteiger partial charge is 0.150 e. The average molecular weight is 232 g/mol. The van der Waals surface area contributed by atoms with Crippen LogP contribution in [0.3, 0.4) is 0 Å². The summed E-state index contributed by atoms with van der Waals surface area (Å²) in [6.07, 6.45) is 0.741. The van der Waals surface area contributed by atoms with Crippen molar-refractivity contribution in [1.82, 2.24) is 0 Å². The van der Waals surface area contributed by atoms with E-state index in [1.165, 1.54) is 6.07 Å². The number of rotatable bonds is 4. The summed E-state index contributed by atoms with van der Waals surface area (Å²) in [4.78, 5) is 11.0. The van der Waals surface area contributed by atoms with E-state index in [1.54, 1.807) is 24.3 Å². The van der Waals surface area contributed by atoms with Gasteiger partial charge in [-0.25, -0.2) is 0 Å². The van der Waals surface area contributed by atoms with Crippen molar-refractivity contribution < 1.29 is 19.7 Å². The third kappa shape index (κ3) is 2.21. The van der Waals surface area contributed by atoms with Gasteiger partial charge < -0.3 is 14.9 Å². The Hall–Kier alpha value is -2.07. The highest BCUT2D eigenvalue weighted by atomic mass is 16.5. The van der Waals surface area contributed by atoms with E-state index in [9.17, 15) is 9.90 Å². The predicted octanol–water partition coefficient (Wildman–Crippen LogP) is 1.73. The van der Waals surface area contributed by atoms with Crippen LogP contribution in [0.1, 0.15) is 10.4 Å². The molecule has 4 heteroatoms. The van der Waals surface area contributed by atoms with Crippen molar-refractivity contribution in [3.8, 4) is 11.5 Å². The Labute approximate surface area is 98.1 Å². The van der Waals surface area contributed by atoms with Crippen molar-refractivity contribution in [1.29, 1.82) is 0 Å². The highest BCUT2D eigenvalue weighted by Crippen LogP contribution is 2.32. The number of hydrogen-bond acceptors (Lipinski definition) is 4. The van der Waals surface area contributed by atoms with Crippen molar-refractivity contribution in [2.75, 3.05) is 13.2 Å². The standard InChI is InChI=1S/C13H12O4/c14-4-5-17-12-7-11(16)6-9-2-1-3-10(8-15)13(9)12/h1-3,6-8,14,16H,4-5H2. The molecule has 2 aromatic rings. The van der Waals surface area contributed by atoms with Crippen molar-refractivity contribution >= 4 is 17.1 Å². The number of fused-ring (bicyclic) bond motifs is 1. The molecule has 0 aliphatic rings. The van der Waals surface area contributed by atoms with Crippen LogP contribution in [0.5, 0.6) is 11.5 Å². The molecule has 0 spiro atoms. The molecule has 0 amide bonds. The summed E-state index contributed by atoms with van der Waals surface area (Å²) < 4.78 is 5.32. The minimum atomic E-state index is -0.125. The van der Waals surface area contributed by atoms with Gasteiger partial charge in [-0.1, -0.05) is 18.2 Å². The molecular weight excluding hydrogens is 220 g/mol. The molecule has 2 N–H and O–H groups in total. The largest absolute Gasteiger partial charge is 0.508 e. The van der Waals surface area contributed by atoms with E-state index < -0.39 is 0 Å². The molecule has 0 saturated carbocycles. The van der Waals surface area contributed by atoms with Gasteiger partial charge in [-0.15, -0.1) is 0 Å². The van der Waals surface area contributed by atoms with Crippen LogP contribution < -0.4 is 4.74 Å². The summed E-state index contributed by atoms with van der Waals surface area (Å²) in [5.74, 6) is 0.463. The number of ether oxygens (including phenoxy) is 1. The predicted molar refractivity (Wildman–Crippen MR) is 63.6 cm³/mol. The normalized spacial score (nSPS) is 10.4. The fourth-order valence-electron chi connectivity index (χ4n) is 1.77. The Morgan fingerprint density at radius 2 is 2.12 bits per heavy atom. The average Bonchev–Trinajstić information content (AvgIpc) is 2.34. The van der Waals surface area contributed by atoms with Crippen molar-refractivity contribution in [3.63, 3.8) is 0 Å². The van der Waals surface area contributed by atoms with Gasteiger partial charge in [-0.05, 0) is 11.5 Å². The van der Waals surface area contributed by atoms with Crippen LogP contribution in [0.2, 0.25) is 0 Å². The fourth-order valence-corrected chi connectivity index (χ4v) is 1.77. The van der Waals surface area contributed by atoms with E-state index in [0.29, 0.717) is 16.7 Å². The Bertz CT molecular complexity index is 548.